The SMILES string of the molecule is CC=CC(=O)OCNC. The number of allylic oxidation sites excluding steroid dienone is 1. The van der Waals surface area contributed by atoms with Crippen LogP contribution in [0.25, 0.3) is 0 Å². The average Bonchev–Trinajstić information content (AvgIpc) is 1.85. The lowest BCUT2D eigenvalue weighted by Crippen LogP contribution is -2.14. The molecular weight excluding hydrogens is 118 g/mol. The van der Waals surface area contributed by atoms with Crippen molar-refractivity contribution < 1.29 is 9.53 Å². The van der Waals surface area contributed by atoms with Crippen molar-refractivity contribution in [3.05, 3.63) is 12.2 Å². The summed E-state index contributed by atoms with van der Waals surface area (Å²) in [6, 6.07) is 0. The molecule has 3 nitrogen and oxygen atoms in total. The second-order valence-electron chi connectivity index (χ2n) is 1.46. The van der Waals surface area contributed by atoms with Crippen molar-refractivity contribution in [1.29, 1.82) is 0 Å². The Hall–Kier alpha value is -0.830. The fourth-order valence-corrected chi connectivity index (χ4v) is 0.327. The van der Waals surface area contributed by atoms with Gasteiger partial charge in [-0.15, -0.1) is 0 Å². The third kappa shape index (κ3) is 5.03. The number of esters is 1. The molecule has 0 radical (unpaired) electrons. The Bertz CT molecular complexity index is 110. The summed E-state index contributed by atoms with van der Waals surface area (Å²) in [4.78, 5) is 10.5. The Kier molecular flexibility index (Phi) is 4.82. The molecule has 0 aliphatic carbocycles. The van der Waals surface area contributed by atoms with Crippen LogP contribution in [0.4, 0.5) is 0 Å². The smallest absolute Gasteiger partial charge is 0.331 e. The highest BCUT2D eigenvalue weighted by molar-refractivity contribution is 5.81. The monoisotopic (exact) mass is 129 g/mol. The molecule has 0 aromatic heterocycles. The van der Waals surface area contributed by atoms with E-state index in [1.54, 1.807) is 20.0 Å². The van der Waals surface area contributed by atoms with Gasteiger partial charge in [-0.3, -0.25) is 5.32 Å². The molecule has 0 spiro atoms. The van der Waals surface area contributed by atoms with Crippen LogP contribution in [-0.2, 0) is 9.53 Å². The molecule has 0 atom stereocenters. The molecule has 0 amide bonds. The fourth-order valence-electron chi connectivity index (χ4n) is 0.327. The lowest BCUT2D eigenvalue weighted by Gasteiger charge is -1.97. The Morgan fingerprint density at radius 2 is 2.44 bits per heavy atom. The van der Waals surface area contributed by atoms with Crippen molar-refractivity contribution in [1.82, 2.24) is 5.32 Å². The molecule has 0 aromatic rings. The zero-order chi connectivity index (χ0) is 7.11. The van der Waals surface area contributed by atoms with Crippen LogP contribution in [0.3, 0.4) is 0 Å². The molecule has 0 bridgehead atoms. The second-order valence-corrected chi connectivity index (χ2v) is 1.46. The van der Waals surface area contributed by atoms with Gasteiger partial charge in [-0.1, -0.05) is 6.08 Å². The highest BCUT2D eigenvalue weighted by Crippen LogP contribution is 1.77. The van der Waals surface area contributed by atoms with Crippen LogP contribution >= 0.6 is 0 Å². The summed E-state index contributed by atoms with van der Waals surface area (Å²) in [6.07, 6.45) is 3.01. The minimum absolute atomic E-state index is 0.267. The van der Waals surface area contributed by atoms with Gasteiger partial charge in [-0.25, -0.2) is 4.79 Å². The normalized spacial score (nSPS) is 10.0. The molecule has 0 rings (SSSR count). The van der Waals surface area contributed by atoms with E-state index in [4.69, 9.17) is 0 Å². The number of hydrogen-bond donors (Lipinski definition) is 1. The highest BCUT2D eigenvalue weighted by atomic mass is 16.5. The zero-order valence-corrected chi connectivity index (χ0v) is 5.68. The molecule has 0 saturated heterocycles. The number of nitrogens with one attached hydrogen (secondary N) is 1. The van der Waals surface area contributed by atoms with Gasteiger partial charge in [0.15, 0.2) is 0 Å². The van der Waals surface area contributed by atoms with E-state index in [0.717, 1.165) is 0 Å². The molecule has 0 aliphatic heterocycles. The molecule has 0 fully saturated rings. The first kappa shape index (κ1) is 8.17. The highest BCUT2D eigenvalue weighted by Gasteiger charge is 1.90. The minimum Gasteiger partial charge on any atom is -0.447 e. The van der Waals surface area contributed by atoms with Crippen molar-refractivity contribution in [3.8, 4) is 0 Å². The molecule has 9 heavy (non-hydrogen) atoms. The molecule has 1 N–H and O–H groups in total. The molecule has 0 unspecified atom stereocenters. The average molecular weight is 129 g/mol. The lowest BCUT2D eigenvalue weighted by molar-refractivity contribution is -0.138. The maximum absolute atomic E-state index is 10.5. The van der Waals surface area contributed by atoms with Crippen LogP contribution in [-0.4, -0.2) is 19.7 Å². The second kappa shape index (κ2) is 5.31. The van der Waals surface area contributed by atoms with E-state index >= 15 is 0 Å². The van der Waals surface area contributed by atoms with Crippen LogP contribution in [0.15, 0.2) is 12.2 Å². The van der Waals surface area contributed by atoms with E-state index in [1.807, 2.05) is 0 Å². The van der Waals surface area contributed by atoms with Crippen LogP contribution in [0.5, 0.6) is 0 Å². The largest absolute Gasteiger partial charge is 0.447 e. The van der Waals surface area contributed by atoms with Crippen LogP contribution in [0.1, 0.15) is 6.92 Å². The van der Waals surface area contributed by atoms with Gasteiger partial charge in [0.05, 0.1) is 0 Å². The van der Waals surface area contributed by atoms with Gasteiger partial charge in [-0.2, -0.15) is 0 Å². The van der Waals surface area contributed by atoms with Crippen molar-refractivity contribution in [3.63, 3.8) is 0 Å². The molecule has 0 aromatic carbocycles. The van der Waals surface area contributed by atoms with E-state index in [-0.39, 0.29) is 12.7 Å². The summed E-state index contributed by atoms with van der Waals surface area (Å²) in [7, 11) is 1.71. The Labute approximate surface area is 54.7 Å². The number of carbonyl (C=O) groups excluding carboxylic acids is 1. The van der Waals surface area contributed by atoms with E-state index < -0.39 is 0 Å². The molecule has 0 heterocycles. The fraction of sp³-hybridized carbons (Fsp3) is 0.500. The van der Waals surface area contributed by atoms with Gasteiger partial charge in [0.1, 0.15) is 6.73 Å². The molecule has 0 aliphatic rings. The summed E-state index contributed by atoms with van der Waals surface area (Å²) >= 11 is 0. The number of rotatable bonds is 3. The van der Waals surface area contributed by atoms with E-state index in [2.05, 4.69) is 10.1 Å². The number of hydrogen-bond acceptors (Lipinski definition) is 3. The molecular formula is C6H11NO2. The third-order valence-corrected chi connectivity index (χ3v) is 0.662. The summed E-state index contributed by atoms with van der Waals surface area (Å²) in [6.45, 7) is 2.03. The Morgan fingerprint density at radius 3 is 2.89 bits per heavy atom. The summed E-state index contributed by atoms with van der Waals surface area (Å²) in [5, 5.41) is 2.68. The van der Waals surface area contributed by atoms with Crippen LogP contribution < -0.4 is 5.32 Å². The number of carbonyl (C=O) groups is 1. The first-order chi connectivity index (χ1) is 4.31. The van der Waals surface area contributed by atoms with Gasteiger partial charge in [0.2, 0.25) is 0 Å². The summed E-state index contributed by atoms with van der Waals surface area (Å²) in [5.41, 5.74) is 0. The van der Waals surface area contributed by atoms with Gasteiger partial charge >= 0.3 is 5.97 Å². The predicted molar refractivity (Wildman–Crippen MR) is 34.8 cm³/mol. The Morgan fingerprint density at radius 1 is 1.78 bits per heavy atom. The van der Waals surface area contributed by atoms with Crippen molar-refractivity contribution in [2.45, 2.75) is 6.92 Å². The molecule has 0 saturated carbocycles. The molecule has 3 heteroatoms. The first-order valence-corrected chi connectivity index (χ1v) is 2.75. The van der Waals surface area contributed by atoms with Crippen molar-refractivity contribution in [2.75, 3.05) is 13.8 Å². The van der Waals surface area contributed by atoms with Gasteiger partial charge in [-0.05, 0) is 14.0 Å². The summed E-state index contributed by atoms with van der Waals surface area (Å²) in [5.74, 6) is -0.313. The number of ether oxygens (including phenoxy) is 1. The van der Waals surface area contributed by atoms with Gasteiger partial charge in [0.25, 0.3) is 0 Å². The van der Waals surface area contributed by atoms with Gasteiger partial charge in [0, 0.05) is 6.08 Å². The van der Waals surface area contributed by atoms with Gasteiger partial charge < -0.3 is 4.74 Å². The van der Waals surface area contributed by atoms with E-state index in [9.17, 15) is 4.79 Å². The maximum atomic E-state index is 10.5. The quantitative estimate of drug-likeness (QED) is 0.338. The van der Waals surface area contributed by atoms with E-state index in [1.165, 1.54) is 6.08 Å². The van der Waals surface area contributed by atoms with Crippen LogP contribution in [0.2, 0.25) is 0 Å². The Balaban J connectivity index is 3.27. The topological polar surface area (TPSA) is 38.3 Å². The first-order valence-electron chi connectivity index (χ1n) is 2.75. The zero-order valence-electron chi connectivity index (χ0n) is 5.68. The summed E-state index contributed by atoms with van der Waals surface area (Å²) < 4.78 is 4.59. The van der Waals surface area contributed by atoms with Crippen molar-refractivity contribution in [2.24, 2.45) is 0 Å². The van der Waals surface area contributed by atoms with E-state index in [0.29, 0.717) is 0 Å². The lowest BCUT2D eigenvalue weighted by atomic mass is 10.5. The molecule has 52 valence electrons. The third-order valence-electron chi connectivity index (χ3n) is 0.662. The minimum atomic E-state index is -0.313. The predicted octanol–water partition coefficient (Wildman–Crippen LogP) is 0.283. The van der Waals surface area contributed by atoms with Crippen molar-refractivity contribution >= 4 is 5.97 Å². The standard InChI is InChI=1S/C6H11NO2/c1-3-4-6(8)9-5-7-2/h3-4,7H,5H2,1-2H3. The van der Waals surface area contributed by atoms with Crippen LogP contribution in [0, 0.1) is 0 Å². The maximum Gasteiger partial charge on any atom is 0.331 e.